The van der Waals surface area contributed by atoms with Crippen LogP contribution in [0.4, 0.5) is 4.39 Å². The summed E-state index contributed by atoms with van der Waals surface area (Å²) < 4.78 is 24.9. The number of methoxy groups -OCH3 is 2. The van der Waals surface area contributed by atoms with Gasteiger partial charge < -0.3 is 20.3 Å². The number of carbonyl (C=O) groups is 1. The van der Waals surface area contributed by atoms with Crippen molar-refractivity contribution < 1.29 is 23.8 Å². The number of benzene rings is 4. The molecule has 5 nitrogen and oxygen atoms in total. The van der Waals surface area contributed by atoms with Crippen LogP contribution < -0.4 is 15.2 Å². The maximum absolute atomic E-state index is 13.6. The van der Waals surface area contributed by atoms with Crippen molar-refractivity contribution in [1.82, 2.24) is 0 Å². The molecule has 0 aromatic heterocycles. The second kappa shape index (κ2) is 8.14. The average Bonchev–Trinajstić information content (AvgIpc) is 2.75. The Kier molecular flexibility index (Phi) is 5.38. The van der Waals surface area contributed by atoms with Crippen LogP contribution in [0.25, 0.3) is 21.5 Å². The smallest absolute Gasteiger partial charge is 0.249 e. The number of aromatic hydroxyl groups is 1. The number of fused-ring (bicyclic) bond motifs is 3. The average molecular weight is 419 g/mol. The minimum absolute atomic E-state index is 0.0755. The Hall–Kier alpha value is -3.80. The molecule has 3 N–H and O–H groups in total. The summed E-state index contributed by atoms with van der Waals surface area (Å²) in [5.74, 6) is 0.287. The van der Waals surface area contributed by atoms with E-state index in [0.717, 1.165) is 21.9 Å². The summed E-state index contributed by atoms with van der Waals surface area (Å²) in [6, 6.07) is 14.8. The number of hydrogen-bond donors (Lipinski definition) is 2. The summed E-state index contributed by atoms with van der Waals surface area (Å²) in [5.41, 5.74) is 7.67. The number of nitrogens with two attached hydrogens (primary N) is 1. The molecule has 4 rings (SSSR count). The fraction of sp³-hybridized carbons (Fsp3) is 0.160. The molecule has 0 fully saturated rings. The highest BCUT2D eigenvalue weighted by Crippen LogP contribution is 2.42. The fourth-order valence-electron chi connectivity index (χ4n) is 4.10. The lowest BCUT2D eigenvalue weighted by molar-refractivity contribution is 0.100. The molecule has 0 radical (unpaired) electrons. The van der Waals surface area contributed by atoms with Crippen LogP contribution in [0.3, 0.4) is 0 Å². The number of aryl methyl sites for hydroxylation is 2. The van der Waals surface area contributed by atoms with Gasteiger partial charge in [-0.05, 0) is 82.4 Å². The SMILES string of the molecule is COc1cc2c(cc(C(N)=O)c3ccc(O)cc32)c(CCc2cccc(F)c2)c1OC. The lowest BCUT2D eigenvalue weighted by atomic mass is 9.91. The van der Waals surface area contributed by atoms with Crippen molar-refractivity contribution in [3.05, 3.63) is 77.1 Å². The summed E-state index contributed by atoms with van der Waals surface area (Å²) in [6.07, 6.45) is 1.07. The maximum atomic E-state index is 13.6. The number of ether oxygens (including phenoxy) is 2. The normalized spacial score (nSPS) is 11.1. The lowest BCUT2D eigenvalue weighted by Gasteiger charge is -2.18. The number of amides is 1. The van der Waals surface area contributed by atoms with Crippen LogP contribution in [0.15, 0.2) is 54.6 Å². The standard InChI is InChI=1S/C25H22FNO4/c1-30-23-13-21-19-11-16(28)7-9-17(19)22(25(27)29)12-20(21)18(24(23)31-2)8-6-14-4-3-5-15(26)10-14/h3-5,7,9-13,28H,6,8H2,1-2H3,(H2,27,29). The molecule has 0 saturated heterocycles. The van der Waals surface area contributed by atoms with E-state index in [1.807, 2.05) is 12.1 Å². The van der Waals surface area contributed by atoms with Crippen LogP contribution >= 0.6 is 0 Å². The van der Waals surface area contributed by atoms with Crippen LogP contribution in [-0.2, 0) is 12.8 Å². The second-order valence-electron chi connectivity index (χ2n) is 7.33. The van der Waals surface area contributed by atoms with Crippen molar-refractivity contribution in [3.63, 3.8) is 0 Å². The highest BCUT2D eigenvalue weighted by molar-refractivity contribution is 6.18. The lowest BCUT2D eigenvalue weighted by Crippen LogP contribution is -2.12. The molecule has 0 spiro atoms. The monoisotopic (exact) mass is 419 g/mol. The van der Waals surface area contributed by atoms with Gasteiger partial charge in [-0.15, -0.1) is 0 Å². The summed E-state index contributed by atoms with van der Waals surface area (Å²) in [7, 11) is 3.11. The largest absolute Gasteiger partial charge is 0.508 e. The molecule has 31 heavy (non-hydrogen) atoms. The van der Waals surface area contributed by atoms with E-state index >= 15 is 0 Å². The van der Waals surface area contributed by atoms with E-state index in [9.17, 15) is 14.3 Å². The van der Waals surface area contributed by atoms with Crippen molar-refractivity contribution >= 4 is 27.5 Å². The second-order valence-corrected chi connectivity index (χ2v) is 7.33. The zero-order chi connectivity index (χ0) is 22.1. The fourth-order valence-corrected chi connectivity index (χ4v) is 4.10. The molecule has 6 heteroatoms. The van der Waals surface area contributed by atoms with Crippen LogP contribution in [-0.4, -0.2) is 25.2 Å². The molecular weight excluding hydrogens is 397 g/mol. The number of primary amides is 1. The first-order chi connectivity index (χ1) is 14.9. The number of hydrogen-bond acceptors (Lipinski definition) is 4. The first kappa shape index (κ1) is 20.5. The van der Waals surface area contributed by atoms with Gasteiger partial charge >= 0.3 is 0 Å². The molecule has 0 bridgehead atoms. The van der Waals surface area contributed by atoms with E-state index in [1.54, 1.807) is 38.5 Å². The van der Waals surface area contributed by atoms with E-state index in [-0.39, 0.29) is 11.6 Å². The van der Waals surface area contributed by atoms with E-state index in [2.05, 4.69) is 0 Å². The Morgan fingerprint density at radius 3 is 2.39 bits per heavy atom. The number of phenols is 1. The highest BCUT2D eigenvalue weighted by atomic mass is 19.1. The zero-order valence-electron chi connectivity index (χ0n) is 17.2. The number of carbonyl (C=O) groups excluding carboxylic acids is 1. The van der Waals surface area contributed by atoms with Crippen LogP contribution in [0, 0.1) is 5.82 Å². The van der Waals surface area contributed by atoms with Crippen molar-refractivity contribution in [3.8, 4) is 17.2 Å². The van der Waals surface area contributed by atoms with E-state index in [4.69, 9.17) is 15.2 Å². The molecule has 4 aromatic rings. The molecule has 4 aromatic carbocycles. The van der Waals surface area contributed by atoms with Crippen LogP contribution in [0.2, 0.25) is 0 Å². The highest BCUT2D eigenvalue weighted by Gasteiger charge is 2.20. The van der Waals surface area contributed by atoms with E-state index in [1.165, 1.54) is 18.2 Å². The third-order valence-electron chi connectivity index (χ3n) is 5.50. The van der Waals surface area contributed by atoms with Crippen molar-refractivity contribution in [2.45, 2.75) is 12.8 Å². The van der Waals surface area contributed by atoms with Crippen LogP contribution in [0.5, 0.6) is 17.2 Å². The minimum Gasteiger partial charge on any atom is -0.508 e. The first-order valence-corrected chi connectivity index (χ1v) is 9.80. The summed E-state index contributed by atoms with van der Waals surface area (Å²) in [6.45, 7) is 0. The van der Waals surface area contributed by atoms with Gasteiger partial charge in [0.05, 0.1) is 14.2 Å². The Labute approximate surface area is 178 Å². The predicted molar refractivity (Wildman–Crippen MR) is 119 cm³/mol. The van der Waals surface area contributed by atoms with Crippen LogP contribution in [0.1, 0.15) is 21.5 Å². The van der Waals surface area contributed by atoms with Gasteiger partial charge in [0, 0.05) is 11.1 Å². The number of halogens is 1. The van der Waals surface area contributed by atoms with Gasteiger partial charge in [-0.3, -0.25) is 4.79 Å². The van der Waals surface area contributed by atoms with Gasteiger partial charge in [-0.1, -0.05) is 12.1 Å². The molecule has 1 amide bonds. The summed E-state index contributed by atoms with van der Waals surface area (Å²) >= 11 is 0. The van der Waals surface area contributed by atoms with Gasteiger partial charge in [0.25, 0.3) is 0 Å². The van der Waals surface area contributed by atoms with Crippen molar-refractivity contribution in [2.24, 2.45) is 5.73 Å². The Balaban J connectivity index is 2.01. The molecule has 0 heterocycles. The quantitative estimate of drug-likeness (QED) is 0.443. The maximum Gasteiger partial charge on any atom is 0.249 e. The molecule has 0 aliphatic carbocycles. The molecule has 158 valence electrons. The van der Waals surface area contributed by atoms with E-state index < -0.39 is 5.91 Å². The molecule has 0 atom stereocenters. The van der Waals surface area contributed by atoms with Gasteiger partial charge in [0.15, 0.2) is 11.5 Å². The Morgan fingerprint density at radius 2 is 1.71 bits per heavy atom. The van der Waals surface area contributed by atoms with Crippen molar-refractivity contribution in [1.29, 1.82) is 0 Å². The van der Waals surface area contributed by atoms with Crippen molar-refractivity contribution in [2.75, 3.05) is 14.2 Å². The first-order valence-electron chi connectivity index (χ1n) is 9.80. The van der Waals surface area contributed by atoms with Gasteiger partial charge in [-0.2, -0.15) is 0 Å². The van der Waals surface area contributed by atoms with Gasteiger partial charge in [0.2, 0.25) is 5.91 Å². The minimum atomic E-state index is -0.566. The van der Waals surface area contributed by atoms with Gasteiger partial charge in [-0.25, -0.2) is 4.39 Å². The number of rotatable bonds is 6. The third-order valence-corrected chi connectivity index (χ3v) is 5.50. The zero-order valence-corrected chi connectivity index (χ0v) is 17.2. The third kappa shape index (κ3) is 3.72. The topological polar surface area (TPSA) is 81.8 Å². The molecule has 0 aliphatic rings. The number of phenolic OH excluding ortho intramolecular Hbond substituents is 1. The summed E-state index contributed by atoms with van der Waals surface area (Å²) in [5, 5.41) is 13.0. The molecule has 0 saturated carbocycles. The molecular formula is C25H22FNO4. The summed E-state index contributed by atoms with van der Waals surface area (Å²) in [4.78, 5) is 12.2. The predicted octanol–water partition coefficient (Wildman–Crippen LogP) is 4.74. The van der Waals surface area contributed by atoms with Gasteiger partial charge in [0.1, 0.15) is 11.6 Å². The van der Waals surface area contributed by atoms with E-state index in [0.29, 0.717) is 40.7 Å². The Bertz CT molecular complexity index is 1320. The Morgan fingerprint density at radius 1 is 0.935 bits per heavy atom. The molecule has 0 unspecified atom stereocenters. The molecule has 0 aliphatic heterocycles.